The summed E-state index contributed by atoms with van der Waals surface area (Å²) in [6.45, 7) is 0.369. The van der Waals surface area contributed by atoms with E-state index in [1.807, 2.05) is 0 Å². The molecular formula is C17H14FN3O3S. The second-order valence-electron chi connectivity index (χ2n) is 5.14. The van der Waals surface area contributed by atoms with Gasteiger partial charge in [-0.1, -0.05) is 12.1 Å². The Morgan fingerprint density at radius 2 is 1.96 bits per heavy atom. The van der Waals surface area contributed by atoms with Gasteiger partial charge in [0, 0.05) is 11.9 Å². The van der Waals surface area contributed by atoms with Crippen LogP contribution in [0.1, 0.15) is 26.4 Å². The maximum Gasteiger partial charge on any atom is 0.302 e. The summed E-state index contributed by atoms with van der Waals surface area (Å²) >= 11 is 1.40. The van der Waals surface area contributed by atoms with E-state index in [9.17, 15) is 14.0 Å². The molecule has 2 aromatic heterocycles. The first kappa shape index (κ1) is 16.8. The minimum atomic E-state index is -0.415. The number of aromatic nitrogens is 1. The van der Waals surface area contributed by atoms with Crippen molar-refractivity contribution in [3.63, 3.8) is 0 Å². The van der Waals surface area contributed by atoms with E-state index in [4.69, 9.17) is 4.42 Å². The van der Waals surface area contributed by atoms with Crippen molar-refractivity contribution in [2.45, 2.75) is 6.42 Å². The van der Waals surface area contributed by atoms with Gasteiger partial charge in [0.1, 0.15) is 12.1 Å². The molecule has 2 amide bonds. The van der Waals surface area contributed by atoms with Crippen LogP contribution >= 0.6 is 11.3 Å². The standard InChI is InChI=1S/C17H14FN3O3S/c18-13-3-1-11(2-4-13)5-7-19-16(23)14-9-24-17(20-14)21-15(22)12-6-8-25-10-12/h1-4,6,8-10H,5,7H2,(H,19,23)(H,20,21,22). The normalized spacial score (nSPS) is 10.4. The molecular weight excluding hydrogens is 345 g/mol. The number of benzene rings is 1. The van der Waals surface area contributed by atoms with E-state index in [1.54, 1.807) is 29.0 Å². The predicted octanol–water partition coefficient (Wildman–Crippen LogP) is 3.10. The van der Waals surface area contributed by atoms with Gasteiger partial charge in [0.25, 0.3) is 11.8 Å². The van der Waals surface area contributed by atoms with Gasteiger partial charge in [-0.05, 0) is 35.6 Å². The number of anilines is 1. The summed E-state index contributed by atoms with van der Waals surface area (Å²) in [6, 6.07) is 7.70. The van der Waals surface area contributed by atoms with Crippen molar-refractivity contribution in [3.05, 3.63) is 70.0 Å². The van der Waals surface area contributed by atoms with Crippen molar-refractivity contribution in [2.75, 3.05) is 11.9 Å². The molecule has 2 N–H and O–H groups in total. The van der Waals surface area contributed by atoms with Crippen LogP contribution in [0.15, 0.2) is 51.8 Å². The van der Waals surface area contributed by atoms with Gasteiger partial charge in [-0.2, -0.15) is 16.3 Å². The summed E-state index contributed by atoms with van der Waals surface area (Å²) in [5.41, 5.74) is 1.47. The lowest BCUT2D eigenvalue weighted by Gasteiger charge is -2.03. The number of hydrogen-bond acceptors (Lipinski definition) is 5. The number of nitrogens with zero attached hydrogens (tertiary/aromatic N) is 1. The molecule has 0 aliphatic carbocycles. The molecule has 2 heterocycles. The van der Waals surface area contributed by atoms with Crippen molar-refractivity contribution >= 4 is 29.2 Å². The van der Waals surface area contributed by atoms with Crippen LogP contribution in [-0.4, -0.2) is 23.3 Å². The van der Waals surface area contributed by atoms with Gasteiger partial charge in [-0.15, -0.1) is 0 Å². The summed E-state index contributed by atoms with van der Waals surface area (Å²) in [5, 5.41) is 8.65. The Morgan fingerprint density at radius 1 is 1.16 bits per heavy atom. The Labute approximate surface area is 146 Å². The number of nitrogens with one attached hydrogen (secondary N) is 2. The van der Waals surface area contributed by atoms with Crippen LogP contribution in [0.5, 0.6) is 0 Å². The van der Waals surface area contributed by atoms with Crippen LogP contribution in [0.25, 0.3) is 0 Å². The average molecular weight is 359 g/mol. The molecule has 3 rings (SSSR count). The van der Waals surface area contributed by atoms with E-state index in [1.165, 1.54) is 29.7 Å². The Bertz CT molecular complexity index is 860. The van der Waals surface area contributed by atoms with Gasteiger partial charge in [0.15, 0.2) is 5.69 Å². The molecule has 6 nitrogen and oxygen atoms in total. The van der Waals surface area contributed by atoms with Gasteiger partial charge in [0.05, 0.1) is 5.56 Å². The average Bonchev–Trinajstić information content (AvgIpc) is 3.28. The molecule has 0 saturated heterocycles. The number of carbonyl (C=O) groups is 2. The maximum atomic E-state index is 12.8. The first-order valence-corrected chi connectivity index (χ1v) is 8.38. The minimum Gasteiger partial charge on any atom is -0.431 e. The molecule has 0 bridgehead atoms. The third kappa shape index (κ3) is 4.51. The quantitative estimate of drug-likeness (QED) is 0.708. The SMILES string of the molecule is O=C(Nc1nc(C(=O)NCCc2ccc(F)cc2)co1)c1ccsc1. The molecule has 0 fully saturated rings. The fourth-order valence-corrected chi connectivity index (χ4v) is 2.70. The second-order valence-corrected chi connectivity index (χ2v) is 5.92. The van der Waals surface area contributed by atoms with Gasteiger partial charge in [-0.3, -0.25) is 14.9 Å². The Balaban J connectivity index is 1.50. The van der Waals surface area contributed by atoms with Crippen molar-refractivity contribution in [2.24, 2.45) is 0 Å². The smallest absolute Gasteiger partial charge is 0.302 e. The molecule has 128 valence electrons. The minimum absolute atomic E-state index is 0.0418. The lowest BCUT2D eigenvalue weighted by atomic mass is 10.1. The van der Waals surface area contributed by atoms with Crippen LogP contribution in [0.3, 0.4) is 0 Å². The molecule has 0 saturated carbocycles. The topological polar surface area (TPSA) is 84.2 Å². The summed E-state index contributed by atoms with van der Waals surface area (Å²) < 4.78 is 17.9. The molecule has 0 aliphatic heterocycles. The van der Waals surface area contributed by atoms with Crippen molar-refractivity contribution in [1.82, 2.24) is 10.3 Å². The number of oxazole rings is 1. The van der Waals surface area contributed by atoms with Crippen LogP contribution in [-0.2, 0) is 6.42 Å². The molecule has 3 aromatic rings. The Morgan fingerprint density at radius 3 is 2.68 bits per heavy atom. The molecule has 0 aliphatic rings. The number of hydrogen-bond donors (Lipinski definition) is 2. The predicted molar refractivity (Wildman–Crippen MR) is 91.2 cm³/mol. The highest BCUT2D eigenvalue weighted by Crippen LogP contribution is 2.12. The first-order valence-electron chi connectivity index (χ1n) is 7.43. The van der Waals surface area contributed by atoms with Gasteiger partial charge in [0.2, 0.25) is 0 Å². The summed E-state index contributed by atoms with van der Waals surface area (Å²) in [5.74, 6) is -1.07. The van der Waals surface area contributed by atoms with E-state index in [2.05, 4.69) is 15.6 Å². The van der Waals surface area contributed by atoms with E-state index in [0.717, 1.165) is 5.56 Å². The summed E-state index contributed by atoms with van der Waals surface area (Å²) in [4.78, 5) is 27.8. The lowest BCUT2D eigenvalue weighted by Crippen LogP contribution is -2.26. The zero-order chi connectivity index (χ0) is 17.6. The largest absolute Gasteiger partial charge is 0.431 e. The summed E-state index contributed by atoms with van der Waals surface area (Å²) in [6.07, 6.45) is 1.74. The highest BCUT2D eigenvalue weighted by atomic mass is 32.1. The van der Waals surface area contributed by atoms with Crippen LogP contribution in [0.4, 0.5) is 10.4 Å². The number of rotatable bonds is 6. The Hall–Kier alpha value is -3.00. The molecule has 0 atom stereocenters. The van der Waals surface area contributed by atoms with E-state index >= 15 is 0 Å². The first-order chi connectivity index (χ1) is 12.1. The summed E-state index contributed by atoms with van der Waals surface area (Å²) in [7, 11) is 0. The third-order valence-electron chi connectivity index (χ3n) is 3.35. The van der Waals surface area contributed by atoms with Crippen molar-refractivity contribution in [1.29, 1.82) is 0 Å². The fourth-order valence-electron chi connectivity index (χ4n) is 2.06. The zero-order valence-electron chi connectivity index (χ0n) is 13.0. The van der Waals surface area contributed by atoms with E-state index in [0.29, 0.717) is 18.5 Å². The van der Waals surface area contributed by atoms with Crippen LogP contribution in [0, 0.1) is 5.82 Å². The van der Waals surface area contributed by atoms with Crippen LogP contribution < -0.4 is 10.6 Å². The number of halogens is 1. The van der Waals surface area contributed by atoms with Gasteiger partial charge in [-0.25, -0.2) is 4.39 Å². The monoisotopic (exact) mass is 359 g/mol. The highest BCUT2D eigenvalue weighted by Gasteiger charge is 2.14. The molecule has 0 spiro atoms. The van der Waals surface area contributed by atoms with E-state index in [-0.39, 0.29) is 23.4 Å². The van der Waals surface area contributed by atoms with Gasteiger partial charge < -0.3 is 9.73 Å². The lowest BCUT2D eigenvalue weighted by molar-refractivity contribution is 0.0948. The fraction of sp³-hybridized carbons (Fsp3) is 0.118. The van der Waals surface area contributed by atoms with Crippen molar-refractivity contribution in [3.8, 4) is 0 Å². The molecule has 1 aromatic carbocycles. The molecule has 25 heavy (non-hydrogen) atoms. The molecule has 0 radical (unpaired) electrons. The molecule has 8 heteroatoms. The Kier molecular flexibility index (Phi) is 5.20. The number of carbonyl (C=O) groups excluding carboxylic acids is 2. The molecule has 0 unspecified atom stereocenters. The van der Waals surface area contributed by atoms with Crippen LogP contribution in [0.2, 0.25) is 0 Å². The second kappa shape index (κ2) is 7.71. The highest BCUT2D eigenvalue weighted by molar-refractivity contribution is 7.08. The maximum absolute atomic E-state index is 12.8. The number of thiophene rings is 1. The zero-order valence-corrected chi connectivity index (χ0v) is 13.8. The third-order valence-corrected chi connectivity index (χ3v) is 4.04. The van der Waals surface area contributed by atoms with Crippen molar-refractivity contribution < 1.29 is 18.4 Å². The van der Waals surface area contributed by atoms with E-state index < -0.39 is 5.91 Å². The van der Waals surface area contributed by atoms with Gasteiger partial charge >= 0.3 is 6.01 Å². The number of amides is 2.